The van der Waals surface area contributed by atoms with E-state index in [4.69, 9.17) is 5.73 Å². The Morgan fingerprint density at radius 1 is 1.53 bits per heavy atom. The van der Waals surface area contributed by atoms with Crippen LogP contribution in [0.5, 0.6) is 0 Å². The minimum absolute atomic E-state index is 0.261. The lowest BCUT2D eigenvalue weighted by Crippen LogP contribution is -2.30. The predicted molar refractivity (Wildman–Crippen MR) is 80.9 cm³/mol. The summed E-state index contributed by atoms with van der Waals surface area (Å²) in [6.45, 7) is 4.48. The average Bonchev–Trinajstić information content (AvgIpc) is 2.88. The van der Waals surface area contributed by atoms with Gasteiger partial charge in [-0.3, -0.25) is 4.79 Å². The lowest BCUT2D eigenvalue weighted by atomic mass is 10.1. The summed E-state index contributed by atoms with van der Waals surface area (Å²) in [5, 5.41) is 0. The van der Waals surface area contributed by atoms with Crippen molar-refractivity contribution in [3.8, 4) is 0 Å². The van der Waals surface area contributed by atoms with E-state index in [9.17, 15) is 4.79 Å². The van der Waals surface area contributed by atoms with Crippen molar-refractivity contribution in [2.24, 2.45) is 11.7 Å². The second-order valence-electron chi connectivity index (χ2n) is 5.31. The second kappa shape index (κ2) is 6.53. The van der Waals surface area contributed by atoms with E-state index in [1.54, 1.807) is 0 Å². The number of carbonyl (C=O) groups excluding carboxylic acids is 1. The maximum Gasteiger partial charge on any atom is 0.222 e. The molecule has 1 aromatic carbocycles. The van der Waals surface area contributed by atoms with Crippen LogP contribution in [-0.4, -0.2) is 30.4 Å². The van der Waals surface area contributed by atoms with Crippen molar-refractivity contribution in [1.82, 2.24) is 4.90 Å². The molecule has 2 rings (SSSR count). The summed E-state index contributed by atoms with van der Waals surface area (Å²) < 4.78 is 1.12. The van der Waals surface area contributed by atoms with Gasteiger partial charge in [0.15, 0.2) is 0 Å². The molecule has 1 amide bonds. The molecule has 1 aliphatic heterocycles. The molecular weight excluding hydrogens is 304 g/mol. The monoisotopic (exact) mass is 324 g/mol. The normalized spacial score (nSPS) is 18.9. The van der Waals surface area contributed by atoms with Crippen molar-refractivity contribution in [3.05, 3.63) is 33.8 Å². The maximum atomic E-state index is 12.1. The Morgan fingerprint density at radius 3 is 2.95 bits per heavy atom. The molecule has 1 unspecified atom stereocenters. The molecule has 1 aromatic rings. The van der Waals surface area contributed by atoms with Gasteiger partial charge in [0, 0.05) is 24.0 Å². The molecule has 3 nitrogen and oxygen atoms in total. The SMILES string of the molecule is Cc1cc(CCC(=O)N2CCC(CN)C2)ccc1Br. The Kier molecular flexibility index (Phi) is 4.99. The van der Waals surface area contributed by atoms with Crippen molar-refractivity contribution in [2.75, 3.05) is 19.6 Å². The molecule has 104 valence electrons. The van der Waals surface area contributed by atoms with Gasteiger partial charge in [-0.05, 0) is 49.4 Å². The molecule has 1 fully saturated rings. The molecule has 0 aliphatic carbocycles. The highest BCUT2D eigenvalue weighted by Crippen LogP contribution is 2.19. The molecule has 4 heteroatoms. The second-order valence-corrected chi connectivity index (χ2v) is 6.17. The van der Waals surface area contributed by atoms with Crippen LogP contribution in [0, 0.1) is 12.8 Å². The van der Waals surface area contributed by atoms with Gasteiger partial charge in [-0.15, -0.1) is 0 Å². The van der Waals surface area contributed by atoms with Crippen molar-refractivity contribution < 1.29 is 4.79 Å². The first kappa shape index (κ1) is 14.5. The lowest BCUT2D eigenvalue weighted by Gasteiger charge is -2.16. The molecule has 1 atom stereocenters. The molecule has 0 radical (unpaired) electrons. The maximum absolute atomic E-state index is 12.1. The van der Waals surface area contributed by atoms with Gasteiger partial charge in [0.2, 0.25) is 5.91 Å². The molecule has 1 saturated heterocycles. The molecule has 0 spiro atoms. The Labute approximate surface area is 123 Å². The smallest absolute Gasteiger partial charge is 0.222 e. The van der Waals surface area contributed by atoms with Crippen molar-refractivity contribution in [1.29, 1.82) is 0 Å². The van der Waals surface area contributed by atoms with E-state index in [1.807, 2.05) is 4.90 Å². The zero-order valence-corrected chi connectivity index (χ0v) is 12.9. The van der Waals surface area contributed by atoms with Crippen LogP contribution in [0.25, 0.3) is 0 Å². The third kappa shape index (κ3) is 3.80. The quantitative estimate of drug-likeness (QED) is 0.924. The van der Waals surface area contributed by atoms with E-state index in [0.29, 0.717) is 18.9 Å². The van der Waals surface area contributed by atoms with Gasteiger partial charge >= 0.3 is 0 Å². The first-order valence-corrected chi connectivity index (χ1v) is 7.62. The number of amides is 1. The highest BCUT2D eigenvalue weighted by molar-refractivity contribution is 9.10. The van der Waals surface area contributed by atoms with Crippen molar-refractivity contribution >= 4 is 21.8 Å². The number of likely N-dealkylation sites (tertiary alicyclic amines) is 1. The minimum Gasteiger partial charge on any atom is -0.342 e. The zero-order chi connectivity index (χ0) is 13.8. The zero-order valence-electron chi connectivity index (χ0n) is 11.4. The van der Waals surface area contributed by atoms with Crippen LogP contribution in [0.15, 0.2) is 22.7 Å². The van der Waals surface area contributed by atoms with Gasteiger partial charge in [-0.25, -0.2) is 0 Å². The van der Waals surface area contributed by atoms with E-state index in [-0.39, 0.29) is 5.91 Å². The molecule has 19 heavy (non-hydrogen) atoms. The van der Waals surface area contributed by atoms with E-state index in [2.05, 4.69) is 41.1 Å². The minimum atomic E-state index is 0.261. The summed E-state index contributed by atoms with van der Waals surface area (Å²) in [5.74, 6) is 0.760. The van der Waals surface area contributed by atoms with Gasteiger partial charge in [0.25, 0.3) is 0 Å². The molecule has 2 N–H and O–H groups in total. The van der Waals surface area contributed by atoms with Crippen LogP contribution in [0.3, 0.4) is 0 Å². The highest BCUT2D eigenvalue weighted by atomic mass is 79.9. The molecule has 1 aliphatic rings. The fourth-order valence-electron chi connectivity index (χ4n) is 2.52. The molecular formula is C15H21BrN2O. The van der Waals surface area contributed by atoms with Gasteiger partial charge in [-0.1, -0.05) is 28.1 Å². The van der Waals surface area contributed by atoms with E-state index < -0.39 is 0 Å². The van der Waals surface area contributed by atoms with Crippen molar-refractivity contribution in [2.45, 2.75) is 26.2 Å². The molecule has 1 heterocycles. The predicted octanol–water partition coefficient (Wildman–Crippen LogP) is 2.50. The number of nitrogens with two attached hydrogens (primary N) is 1. The van der Waals surface area contributed by atoms with Crippen LogP contribution in [-0.2, 0) is 11.2 Å². The summed E-state index contributed by atoms with van der Waals surface area (Å²) in [6, 6.07) is 6.27. The molecule has 0 aromatic heterocycles. The number of nitrogens with zero attached hydrogens (tertiary/aromatic N) is 1. The third-order valence-electron chi connectivity index (χ3n) is 3.82. The van der Waals surface area contributed by atoms with Gasteiger partial charge in [-0.2, -0.15) is 0 Å². The van der Waals surface area contributed by atoms with Gasteiger partial charge in [0.05, 0.1) is 0 Å². The number of hydrogen-bond acceptors (Lipinski definition) is 2. The number of aryl methyl sites for hydroxylation is 2. The Morgan fingerprint density at radius 2 is 2.32 bits per heavy atom. The number of hydrogen-bond donors (Lipinski definition) is 1. The van der Waals surface area contributed by atoms with E-state index >= 15 is 0 Å². The van der Waals surface area contributed by atoms with Crippen LogP contribution < -0.4 is 5.73 Å². The number of benzene rings is 1. The third-order valence-corrected chi connectivity index (χ3v) is 4.71. The molecule has 0 bridgehead atoms. The number of rotatable bonds is 4. The van der Waals surface area contributed by atoms with Crippen LogP contribution in [0.2, 0.25) is 0 Å². The van der Waals surface area contributed by atoms with Crippen LogP contribution >= 0.6 is 15.9 Å². The highest BCUT2D eigenvalue weighted by Gasteiger charge is 2.24. The van der Waals surface area contributed by atoms with E-state index in [1.165, 1.54) is 11.1 Å². The summed E-state index contributed by atoms with van der Waals surface area (Å²) in [7, 11) is 0. The van der Waals surface area contributed by atoms with Crippen LogP contribution in [0.1, 0.15) is 24.0 Å². The fourth-order valence-corrected chi connectivity index (χ4v) is 2.77. The first-order valence-electron chi connectivity index (χ1n) is 6.83. The van der Waals surface area contributed by atoms with E-state index in [0.717, 1.165) is 30.4 Å². The largest absolute Gasteiger partial charge is 0.342 e. The van der Waals surface area contributed by atoms with Gasteiger partial charge in [0.1, 0.15) is 0 Å². The van der Waals surface area contributed by atoms with Crippen molar-refractivity contribution in [3.63, 3.8) is 0 Å². The summed E-state index contributed by atoms with van der Waals surface area (Å²) in [5.41, 5.74) is 8.09. The fraction of sp³-hybridized carbons (Fsp3) is 0.533. The summed E-state index contributed by atoms with van der Waals surface area (Å²) in [6.07, 6.45) is 2.47. The standard InChI is InChI=1S/C15H21BrN2O/c1-11-8-12(2-4-14(11)16)3-5-15(19)18-7-6-13(9-17)10-18/h2,4,8,13H,3,5-7,9-10,17H2,1H3. The topological polar surface area (TPSA) is 46.3 Å². The number of carbonyl (C=O) groups is 1. The summed E-state index contributed by atoms with van der Waals surface area (Å²) >= 11 is 3.49. The average molecular weight is 325 g/mol. The number of halogens is 1. The lowest BCUT2D eigenvalue weighted by molar-refractivity contribution is -0.130. The Hall–Kier alpha value is -0.870. The summed E-state index contributed by atoms with van der Waals surface area (Å²) in [4.78, 5) is 14.1. The van der Waals surface area contributed by atoms with Crippen LogP contribution in [0.4, 0.5) is 0 Å². The first-order chi connectivity index (χ1) is 9.10. The Bertz CT molecular complexity index is 461. The van der Waals surface area contributed by atoms with Gasteiger partial charge < -0.3 is 10.6 Å². The Balaban J connectivity index is 1.85. The molecule has 0 saturated carbocycles.